The van der Waals surface area contributed by atoms with Gasteiger partial charge in [0.2, 0.25) is 0 Å². The minimum atomic E-state index is 0.143. The van der Waals surface area contributed by atoms with Crippen LogP contribution in [0, 0.1) is 0 Å². The Kier molecular flexibility index (Phi) is 4.14. The standard InChI is InChI=1S/C16H13Cl2N3O/c1-9(2)22-11-5-3-10(4-6-11)14-7-12-13(8-19-14)16(18)21-20-15(12)17/h3-9H,1-2H3. The molecule has 0 bridgehead atoms. The summed E-state index contributed by atoms with van der Waals surface area (Å²) in [7, 11) is 0. The number of ether oxygens (including phenoxy) is 1. The predicted molar refractivity (Wildman–Crippen MR) is 88.6 cm³/mol. The van der Waals surface area contributed by atoms with Crippen LogP contribution in [0.5, 0.6) is 5.75 Å². The first-order valence-electron chi connectivity index (χ1n) is 6.79. The van der Waals surface area contributed by atoms with Gasteiger partial charge in [-0.1, -0.05) is 23.2 Å². The number of pyridine rings is 1. The van der Waals surface area contributed by atoms with E-state index in [1.165, 1.54) is 0 Å². The van der Waals surface area contributed by atoms with E-state index in [4.69, 9.17) is 27.9 Å². The molecule has 2 heterocycles. The molecular formula is C16H13Cl2N3O. The molecule has 0 aliphatic rings. The van der Waals surface area contributed by atoms with Crippen LogP contribution in [0.15, 0.2) is 36.5 Å². The largest absolute Gasteiger partial charge is 0.491 e. The maximum absolute atomic E-state index is 6.09. The van der Waals surface area contributed by atoms with E-state index in [0.29, 0.717) is 15.7 Å². The summed E-state index contributed by atoms with van der Waals surface area (Å²) in [4.78, 5) is 4.42. The van der Waals surface area contributed by atoms with Crippen molar-refractivity contribution < 1.29 is 4.74 Å². The molecule has 0 atom stereocenters. The first-order chi connectivity index (χ1) is 10.5. The highest BCUT2D eigenvalue weighted by molar-refractivity contribution is 6.38. The zero-order chi connectivity index (χ0) is 15.7. The predicted octanol–water partition coefficient (Wildman–Crippen LogP) is 4.79. The zero-order valence-electron chi connectivity index (χ0n) is 12.0. The van der Waals surface area contributed by atoms with Crippen LogP contribution in [-0.2, 0) is 0 Å². The van der Waals surface area contributed by atoms with Crippen molar-refractivity contribution in [3.8, 4) is 17.0 Å². The second-order valence-corrected chi connectivity index (χ2v) is 5.80. The van der Waals surface area contributed by atoms with Gasteiger partial charge in [-0.25, -0.2) is 0 Å². The summed E-state index contributed by atoms with van der Waals surface area (Å²) in [6, 6.07) is 9.60. The Morgan fingerprint density at radius 2 is 1.59 bits per heavy atom. The molecule has 0 amide bonds. The van der Waals surface area contributed by atoms with Gasteiger partial charge in [0.15, 0.2) is 10.3 Å². The highest BCUT2D eigenvalue weighted by Crippen LogP contribution is 2.29. The SMILES string of the molecule is CC(C)Oc1ccc(-c2cc3c(Cl)nnc(Cl)c3cn2)cc1. The third kappa shape index (κ3) is 2.98. The lowest BCUT2D eigenvalue weighted by Gasteiger charge is -2.10. The third-order valence-corrected chi connectivity index (χ3v) is 3.65. The third-order valence-electron chi connectivity index (χ3n) is 3.10. The van der Waals surface area contributed by atoms with Crippen molar-refractivity contribution in [1.29, 1.82) is 0 Å². The summed E-state index contributed by atoms with van der Waals surface area (Å²) < 4.78 is 5.63. The molecule has 0 N–H and O–H groups in total. The van der Waals surface area contributed by atoms with Crippen LogP contribution in [0.1, 0.15) is 13.8 Å². The lowest BCUT2D eigenvalue weighted by atomic mass is 10.1. The van der Waals surface area contributed by atoms with Crippen LogP contribution in [0.25, 0.3) is 22.0 Å². The zero-order valence-corrected chi connectivity index (χ0v) is 13.6. The highest BCUT2D eigenvalue weighted by Gasteiger charge is 2.09. The molecule has 3 aromatic rings. The Morgan fingerprint density at radius 1 is 0.955 bits per heavy atom. The second kappa shape index (κ2) is 6.07. The summed E-state index contributed by atoms with van der Waals surface area (Å²) in [6.07, 6.45) is 1.80. The van der Waals surface area contributed by atoms with Gasteiger partial charge >= 0.3 is 0 Å². The molecule has 0 unspecified atom stereocenters. The molecule has 1 aromatic carbocycles. The molecule has 4 nitrogen and oxygen atoms in total. The first-order valence-corrected chi connectivity index (χ1v) is 7.54. The lowest BCUT2D eigenvalue weighted by Crippen LogP contribution is -2.05. The van der Waals surface area contributed by atoms with Gasteiger partial charge < -0.3 is 4.74 Å². The smallest absolute Gasteiger partial charge is 0.161 e. The Balaban J connectivity index is 2.01. The summed E-state index contributed by atoms with van der Waals surface area (Å²) in [5, 5.41) is 9.61. The van der Waals surface area contributed by atoms with Gasteiger partial charge in [0.25, 0.3) is 0 Å². The van der Waals surface area contributed by atoms with Gasteiger partial charge in [-0.15, -0.1) is 10.2 Å². The van der Waals surface area contributed by atoms with E-state index in [0.717, 1.165) is 22.4 Å². The van der Waals surface area contributed by atoms with E-state index >= 15 is 0 Å². The molecule has 0 fully saturated rings. The van der Waals surface area contributed by atoms with Crippen LogP contribution < -0.4 is 4.74 Å². The van der Waals surface area contributed by atoms with Crippen molar-refractivity contribution in [3.63, 3.8) is 0 Å². The lowest BCUT2D eigenvalue weighted by molar-refractivity contribution is 0.242. The van der Waals surface area contributed by atoms with Crippen LogP contribution in [0.3, 0.4) is 0 Å². The van der Waals surface area contributed by atoms with Crippen LogP contribution >= 0.6 is 23.2 Å². The number of hydrogen-bond acceptors (Lipinski definition) is 4. The van der Waals surface area contributed by atoms with Crippen molar-refractivity contribution in [2.45, 2.75) is 20.0 Å². The molecule has 0 radical (unpaired) electrons. The van der Waals surface area contributed by atoms with Gasteiger partial charge in [-0.2, -0.15) is 0 Å². The molecule has 22 heavy (non-hydrogen) atoms. The minimum absolute atomic E-state index is 0.143. The fourth-order valence-electron chi connectivity index (χ4n) is 2.12. The van der Waals surface area contributed by atoms with Crippen LogP contribution in [0.2, 0.25) is 10.3 Å². The van der Waals surface area contributed by atoms with E-state index in [-0.39, 0.29) is 6.10 Å². The van der Waals surface area contributed by atoms with E-state index in [1.807, 2.05) is 44.2 Å². The summed E-state index contributed by atoms with van der Waals surface area (Å²) in [6.45, 7) is 3.98. The number of rotatable bonds is 3. The number of nitrogens with zero attached hydrogens (tertiary/aromatic N) is 3. The molecule has 0 saturated carbocycles. The fourth-order valence-corrected chi connectivity index (χ4v) is 2.50. The molecule has 0 aliphatic carbocycles. The van der Waals surface area contributed by atoms with Crippen molar-refractivity contribution in [1.82, 2.24) is 15.2 Å². The average molecular weight is 334 g/mol. The van der Waals surface area contributed by atoms with Crippen LogP contribution in [-0.4, -0.2) is 21.3 Å². The van der Waals surface area contributed by atoms with E-state index < -0.39 is 0 Å². The Labute approximate surface area is 138 Å². The maximum Gasteiger partial charge on any atom is 0.161 e. The molecule has 0 aliphatic heterocycles. The molecule has 112 valence electrons. The van der Waals surface area contributed by atoms with Gasteiger partial charge in [0, 0.05) is 22.5 Å². The topological polar surface area (TPSA) is 47.9 Å². The quantitative estimate of drug-likeness (QED) is 0.691. The van der Waals surface area contributed by atoms with E-state index in [2.05, 4.69) is 15.2 Å². The van der Waals surface area contributed by atoms with Gasteiger partial charge in [0.05, 0.1) is 11.8 Å². The van der Waals surface area contributed by atoms with Gasteiger partial charge in [-0.05, 0) is 44.2 Å². The number of hydrogen-bond donors (Lipinski definition) is 0. The summed E-state index contributed by atoms with van der Waals surface area (Å²) in [5.74, 6) is 0.825. The summed E-state index contributed by atoms with van der Waals surface area (Å²) in [5.41, 5.74) is 1.75. The van der Waals surface area contributed by atoms with Crippen molar-refractivity contribution in [3.05, 3.63) is 46.8 Å². The van der Waals surface area contributed by atoms with E-state index in [1.54, 1.807) is 6.20 Å². The minimum Gasteiger partial charge on any atom is -0.491 e. The van der Waals surface area contributed by atoms with Crippen LogP contribution in [0.4, 0.5) is 0 Å². The summed E-state index contributed by atoms with van der Waals surface area (Å²) >= 11 is 12.1. The normalized spacial score (nSPS) is 11.1. The molecule has 2 aromatic heterocycles. The molecule has 3 rings (SSSR count). The molecular weight excluding hydrogens is 321 g/mol. The number of halogens is 2. The average Bonchev–Trinajstić information content (AvgIpc) is 2.51. The molecule has 0 saturated heterocycles. The number of benzene rings is 1. The monoisotopic (exact) mass is 333 g/mol. The van der Waals surface area contributed by atoms with Gasteiger partial charge in [-0.3, -0.25) is 4.98 Å². The second-order valence-electron chi connectivity index (χ2n) is 5.09. The Hall–Kier alpha value is -1.91. The van der Waals surface area contributed by atoms with Gasteiger partial charge in [0.1, 0.15) is 5.75 Å². The molecule has 6 heteroatoms. The number of fused-ring (bicyclic) bond motifs is 1. The first kappa shape index (κ1) is 15.0. The Morgan fingerprint density at radius 3 is 2.23 bits per heavy atom. The van der Waals surface area contributed by atoms with Crippen molar-refractivity contribution >= 4 is 34.0 Å². The molecule has 0 spiro atoms. The highest BCUT2D eigenvalue weighted by atomic mass is 35.5. The van der Waals surface area contributed by atoms with E-state index in [9.17, 15) is 0 Å². The Bertz CT molecular complexity index is 819. The van der Waals surface area contributed by atoms with Crippen molar-refractivity contribution in [2.75, 3.05) is 0 Å². The fraction of sp³-hybridized carbons (Fsp3) is 0.188. The number of aromatic nitrogens is 3. The van der Waals surface area contributed by atoms with Crippen molar-refractivity contribution in [2.24, 2.45) is 0 Å². The maximum atomic E-state index is 6.09.